The van der Waals surface area contributed by atoms with Gasteiger partial charge in [0.1, 0.15) is 22.3 Å². The van der Waals surface area contributed by atoms with E-state index in [0.717, 1.165) is 28.2 Å². The maximum absolute atomic E-state index is 13.2. The number of nitrogens with zero attached hydrogens (tertiary/aromatic N) is 1. The van der Waals surface area contributed by atoms with Crippen molar-refractivity contribution in [1.82, 2.24) is 0 Å². The molecule has 1 heterocycles. The highest BCUT2D eigenvalue weighted by molar-refractivity contribution is 6.53. The molecule has 1 aliphatic rings. The van der Waals surface area contributed by atoms with Crippen LogP contribution in [0.4, 0.5) is 15.8 Å². The van der Waals surface area contributed by atoms with E-state index in [1.165, 1.54) is 24.3 Å². The number of amides is 2. The van der Waals surface area contributed by atoms with Crippen LogP contribution in [0.1, 0.15) is 21.5 Å². The summed E-state index contributed by atoms with van der Waals surface area (Å²) in [6.45, 7) is 3.64. The van der Waals surface area contributed by atoms with Crippen molar-refractivity contribution in [3.8, 4) is 5.75 Å². The van der Waals surface area contributed by atoms with Gasteiger partial charge in [-0.3, -0.25) is 9.59 Å². The third kappa shape index (κ3) is 4.53. The number of hydrogen-bond acceptors (Lipinski definition) is 5. The Morgan fingerprint density at radius 1 is 0.912 bits per heavy atom. The predicted molar refractivity (Wildman–Crippen MR) is 128 cm³/mol. The van der Waals surface area contributed by atoms with E-state index < -0.39 is 23.6 Å². The molecule has 0 saturated heterocycles. The second kappa shape index (κ2) is 9.29. The van der Waals surface area contributed by atoms with Crippen LogP contribution in [0.15, 0.2) is 71.4 Å². The molecule has 3 aromatic rings. The van der Waals surface area contributed by atoms with Crippen LogP contribution in [-0.4, -0.2) is 17.8 Å². The van der Waals surface area contributed by atoms with Crippen molar-refractivity contribution >= 4 is 52.4 Å². The summed E-state index contributed by atoms with van der Waals surface area (Å²) < 4.78 is 18.6. The molecule has 0 saturated carbocycles. The second-order valence-corrected chi connectivity index (χ2v) is 8.33. The Morgan fingerprint density at radius 2 is 1.50 bits per heavy atom. The molecule has 6 nitrogen and oxygen atoms in total. The second-order valence-electron chi connectivity index (χ2n) is 7.57. The number of imide groups is 1. The lowest BCUT2D eigenvalue weighted by atomic mass is 10.1. The van der Waals surface area contributed by atoms with Gasteiger partial charge in [0.05, 0.1) is 11.3 Å². The largest absolute Gasteiger partial charge is 0.423 e. The number of rotatable bonds is 5. The minimum absolute atomic E-state index is 0.126. The summed E-state index contributed by atoms with van der Waals surface area (Å²) in [5, 5.41) is 3.13. The van der Waals surface area contributed by atoms with Crippen molar-refractivity contribution in [1.29, 1.82) is 0 Å². The van der Waals surface area contributed by atoms with Gasteiger partial charge in [-0.1, -0.05) is 23.2 Å². The number of carbonyl (C=O) groups excluding carboxylic acids is 3. The number of carbonyl (C=O) groups is 3. The molecule has 3 aromatic carbocycles. The van der Waals surface area contributed by atoms with E-state index in [1.54, 1.807) is 24.3 Å². The van der Waals surface area contributed by atoms with Gasteiger partial charge < -0.3 is 10.1 Å². The molecule has 0 radical (unpaired) electrons. The predicted octanol–water partition coefficient (Wildman–Crippen LogP) is 5.75. The van der Waals surface area contributed by atoms with Crippen LogP contribution in [0.5, 0.6) is 5.75 Å². The smallest absolute Gasteiger partial charge is 0.343 e. The van der Waals surface area contributed by atoms with Crippen LogP contribution < -0.4 is 15.0 Å². The highest BCUT2D eigenvalue weighted by atomic mass is 35.5. The first-order valence-corrected chi connectivity index (χ1v) is 10.8. The quantitative estimate of drug-likeness (QED) is 0.275. The van der Waals surface area contributed by atoms with Gasteiger partial charge in [-0.25, -0.2) is 14.1 Å². The summed E-state index contributed by atoms with van der Waals surface area (Å²) >= 11 is 12.3. The molecule has 0 fully saturated rings. The molecule has 9 heteroatoms. The average Bonchev–Trinajstić information content (AvgIpc) is 3.01. The van der Waals surface area contributed by atoms with Gasteiger partial charge in [0.25, 0.3) is 11.8 Å². The van der Waals surface area contributed by atoms with E-state index >= 15 is 0 Å². The molecule has 1 aliphatic heterocycles. The Labute approximate surface area is 204 Å². The maximum atomic E-state index is 13.2. The third-order valence-electron chi connectivity index (χ3n) is 5.12. The minimum Gasteiger partial charge on any atom is -0.423 e. The van der Waals surface area contributed by atoms with Crippen molar-refractivity contribution in [3.05, 3.63) is 98.9 Å². The van der Waals surface area contributed by atoms with Crippen molar-refractivity contribution in [2.45, 2.75) is 13.8 Å². The lowest BCUT2D eigenvalue weighted by Gasteiger charge is -2.15. The zero-order chi connectivity index (χ0) is 24.6. The van der Waals surface area contributed by atoms with Crippen molar-refractivity contribution in [2.75, 3.05) is 10.2 Å². The number of halogens is 3. The number of hydrogen-bond donors (Lipinski definition) is 1. The molecule has 1 N–H and O–H groups in total. The van der Waals surface area contributed by atoms with E-state index in [0.29, 0.717) is 16.5 Å². The fraction of sp³-hybridized carbons (Fsp3) is 0.0800. The molecule has 0 spiro atoms. The number of esters is 1. The molecular weight excluding hydrogens is 482 g/mol. The molecule has 0 aliphatic carbocycles. The van der Waals surface area contributed by atoms with Gasteiger partial charge in [-0.05, 0) is 85.6 Å². The monoisotopic (exact) mass is 498 g/mol. The highest BCUT2D eigenvalue weighted by Crippen LogP contribution is 2.30. The van der Waals surface area contributed by atoms with Gasteiger partial charge in [0, 0.05) is 10.7 Å². The van der Waals surface area contributed by atoms with Gasteiger partial charge in [-0.2, -0.15) is 0 Å². The van der Waals surface area contributed by atoms with Crippen molar-refractivity contribution in [3.63, 3.8) is 0 Å². The molecule has 2 amide bonds. The number of ether oxygens (including phenoxy) is 1. The van der Waals surface area contributed by atoms with Crippen LogP contribution in [0, 0.1) is 19.7 Å². The Bertz CT molecular complexity index is 1330. The van der Waals surface area contributed by atoms with E-state index in [2.05, 4.69) is 5.32 Å². The summed E-state index contributed by atoms with van der Waals surface area (Å²) in [7, 11) is 0. The zero-order valence-electron chi connectivity index (χ0n) is 18.0. The van der Waals surface area contributed by atoms with Gasteiger partial charge in [0.15, 0.2) is 0 Å². The van der Waals surface area contributed by atoms with Gasteiger partial charge in [0.2, 0.25) is 0 Å². The minimum atomic E-state index is -0.727. The number of aryl methyl sites for hydroxylation is 2. The van der Waals surface area contributed by atoms with Crippen LogP contribution in [-0.2, 0) is 9.59 Å². The fourth-order valence-corrected chi connectivity index (χ4v) is 3.72. The van der Waals surface area contributed by atoms with Crippen LogP contribution in [0.2, 0.25) is 5.02 Å². The average molecular weight is 499 g/mol. The van der Waals surface area contributed by atoms with Crippen molar-refractivity contribution < 1.29 is 23.5 Å². The molecule has 0 unspecified atom stereocenters. The van der Waals surface area contributed by atoms with Crippen LogP contribution in [0.3, 0.4) is 0 Å². The summed E-state index contributed by atoms with van der Waals surface area (Å²) in [5.74, 6) is -2.10. The summed E-state index contributed by atoms with van der Waals surface area (Å²) in [6, 6.07) is 14.3. The third-order valence-corrected chi connectivity index (χ3v) is 6.07. The lowest BCUT2D eigenvalue weighted by Crippen LogP contribution is -2.32. The first-order valence-electron chi connectivity index (χ1n) is 10.1. The van der Waals surface area contributed by atoms with E-state index in [4.69, 9.17) is 27.9 Å². The standard InChI is InChI=1S/C25H17Cl2FN2O4/c1-13-11-19(12-14(2)20(13)26)34-25(33)15-3-7-17(8-4-15)29-22-21(27)23(31)30(24(22)32)18-9-5-16(28)6-10-18/h3-12,29H,1-2H3. The van der Waals surface area contributed by atoms with E-state index in [9.17, 15) is 18.8 Å². The van der Waals surface area contributed by atoms with Gasteiger partial charge in [-0.15, -0.1) is 0 Å². The molecule has 34 heavy (non-hydrogen) atoms. The van der Waals surface area contributed by atoms with E-state index in [1.807, 2.05) is 13.8 Å². The Balaban J connectivity index is 1.48. The first-order chi connectivity index (χ1) is 16.2. The maximum Gasteiger partial charge on any atom is 0.343 e. The summed E-state index contributed by atoms with van der Waals surface area (Å²) in [6.07, 6.45) is 0. The molecular formula is C25H17Cl2FN2O4. The summed E-state index contributed by atoms with van der Waals surface area (Å²) in [4.78, 5) is 38.7. The summed E-state index contributed by atoms with van der Waals surface area (Å²) in [5.41, 5.74) is 2.34. The molecule has 0 aromatic heterocycles. The topological polar surface area (TPSA) is 75.7 Å². The highest BCUT2D eigenvalue weighted by Gasteiger charge is 2.39. The molecule has 0 bridgehead atoms. The Kier molecular flexibility index (Phi) is 6.41. The van der Waals surface area contributed by atoms with Crippen LogP contribution >= 0.6 is 23.2 Å². The Morgan fingerprint density at radius 3 is 2.09 bits per heavy atom. The Hall–Kier alpha value is -3.68. The van der Waals surface area contributed by atoms with Gasteiger partial charge >= 0.3 is 5.97 Å². The van der Waals surface area contributed by atoms with Crippen molar-refractivity contribution in [2.24, 2.45) is 0 Å². The number of anilines is 2. The van der Waals surface area contributed by atoms with Crippen LogP contribution in [0.25, 0.3) is 0 Å². The normalized spacial score (nSPS) is 13.5. The molecule has 172 valence electrons. The number of benzene rings is 3. The first kappa shape index (κ1) is 23.5. The SMILES string of the molecule is Cc1cc(OC(=O)c2ccc(NC3=C(Cl)C(=O)N(c4ccc(F)cc4)C3=O)cc2)cc(C)c1Cl. The zero-order valence-corrected chi connectivity index (χ0v) is 19.5. The van der Waals surface area contributed by atoms with E-state index in [-0.39, 0.29) is 22.0 Å². The lowest BCUT2D eigenvalue weighted by molar-refractivity contribution is -0.120. The fourth-order valence-electron chi connectivity index (χ4n) is 3.40. The molecule has 4 rings (SSSR count). The molecule has 0 atom stereocenters. The number of nitrogens with one attached hydrogen (secondary N) is 1.